The van der Waals surface area contributed by atoms with Gasteiger partial charge in [0.05, 0.1) is 10.5 Å². The molecule has 0 spiro atoms. The maximum Gasteiger partial charge on any atom is 0.262 e. The van der Waals surface area contributed by atoms with Crippen LogP contribution in [0.2, 0.25) is 0 Å². The van der Waals surface area contributed by atoms with E-state index < -0.39 is 10.0 Å². The lowest BCUT2D eigenvalue weighted by molar-refractivity contribution is 0.242. The molecule has 3 rings (SSSR count). The Balaban J connectivity index is 0.00000208. The molecular formula is C16H16N2O5S. The molecule has 3 aromatic rings. The van der Waals surface area contributed by atoms with E-state index in [2.05, 4.69) is 5.16 Å². The summed E-state index contributed by atoms with van der Waals surface area (Å²) >= 11 is 0. The van der Waals surface area contributed by atoms with Crippen LogP contribution in [0.25, 0.3) is 22.4 Å². The van der Waals surface area contributed by atoms with Gasteiger partial charge in [0, 0.05) is 5.56 Å². The Morgan fingerprint density at radius 2 is 1.62 bits per heavy atom. The zero-order chi connectivity index (χ0) is 16.4. The van der Waals surface area contributed by atoms with Gasteiger partial charge in [-0.15, -0.1) is 0 Å². The van der Waals surface area contributed by atoms with E-state index in [-0.39, 0.29) is 10.4 Å². The summed E-state index contributed by atoms with van der Waals surface area (Å²) in [7, 11) is -3.89. The summed E-state index contributed by atoms with van der Waals surface area (Å²) in [6.07, 6.45) is 0. The lowest BCUT2D eigenvalue weighted by atomic mass is 10.00. The zero-order valence-corrected chi connectivity index (χ0v) is 13.5. The molecule has 24 heavy (non-hydrogen) atoms. The van der Waals surface area contributed by atoms with Crippen LogP contribution in [-0.2, 0) is 10.0 Å². The van der Waals surface area contributed by atoms with Gasteiger partial charge in [0.25, 0.3) is 10.0 Å². The highest BCUT2D eigenvalue weighted by Crippen LogP contribution is 2.34. The van der Waals surface area contributed by atoms with Gasteiger partial charge in [-0.1, -0.05) is 52.5 Å². The summed E-state index contributed by atoms with van der Waals surface area (Å²) in [4.78, 5) is 1.27. The molecule has 8 heteroatoms. The summed E-state index contributed by atoms with van der Waals surface area (Å²) in [6.45, 7) is 1.80. The molecule has 2 aromatic carbocycles. The zero-order valence-electron chi connectivity index (χ0n) is 12.7. The van der Waals surface area contributed by atoms with Crippen LogP contribution in [0.15, 0.2) is 64.0 Å². The van der Waals surface area contributed by atoms with E-state index in [1.807, 2.05) is 30.3 Å². The average molecular weight is 348 g/mol. The van der Waals surface area contributed by atoms with E-state index in [0.29, 0.717) is 11.5 Å². The number of aryl methyl sites for hydroxylation is 1. The molecule has 0 aliphatic carbocycles. The number of nitrogens with one attached hydrogen (secondary N) is 1. The Bertz CT molecular complexity index is 919. The SMILES string of the molecule is Cc1onc(-c2ccccc2)c1-c1ccc(S(=O)(=O)NO)cc1.O. The molecule has 4 N–H and O–H groups in total. The predicted octanol–water partition coefficient (Wildman–Crippen LogP) is 2.16. The van der Waals surface area contributed by atoms with Crippen molar-refractivity contribution in [2.75, 3.05) is 0 Å². The molecule has 126 valence electrons. The van der Waals surface area contributed by atoms with E-state index >= 15 is 0 Å². The summed E-state index contributed by atoms with van der Waals surface area (Å²) in [5.74, 6) is 0.639. The largest absolute Gasteiger partial charge is 0.412 e. The summed E-state index contributed by atoms with van der Waals surface area (Å²) < 4.78 is 28.4. The fraction of sp³-hybridized carbons (Fsp3) is 0.0625. The molecule has 0 aliphatic heterocycles. The fourth-order valence-electron chi connectivity index (χ4n) is 2.36. The smallest absolute Gasteiger partial charge is 0.262 e. The molecule has 0 atom stereocenters. The number of nitrogens with zero attached hydrogens (tertiary/aromatic N) is 1. The molecule has 0 saturated heterocycles. The minimum absolute atomic E-state index is 0. The van der Waals surface area contributed by atoms with Crippen LogP contribution in [0.4, 0.5) is 0 Å². The Labute approximate surface area is 138 Å². The number of hydrogen-bond acceptors (Lipinski definition) is 5. The number of sulfonamides is 1. The molecule has 0 unspecified atom stereocenters. The van der Waals surface area contributed by atoms with E-state index in [1.54, 1.807) is 19.1 Å². The molecule has 1 aromatic heterocycles. The second-order valence-electron chi connectivity index (χ2n) is 4.95. The lowest BCUT2D eigenvalue weighted by Crippen LogP contribution is -2.19. The van der Waals surface area contributed by atoms with E-state index in [4.69, 9.17) is 9.73 Å². The van der Waals surface area contributed by atoms with Crippen molar-refractivity contribution in [1.82, 2.24) is 10.0 Å². The highest BCUT2D eigenvalue weighted by atomic mass is 32.2. The van der Waals surface area contributed by atoms with Gasteiger partial charge in [-0.2, -0.15) is 0 Å². The third kappa shape index (κ3) is 3.22. The molecule has 0 amide bonds. The summed E-state index contributed by atoms with van der Waals surface area (Å²) in [5.41, 5.74) is 3.18. The van der Waals surface area contributed by atoms with Gasteiger partial charge in [0.15, 0.2) is 0 Å². The molecule has 0 saturated carbocycles. The van der Waals surface area contributed by atoms with Crippen molar-refractivity contribution in [3.05, 3.63) is 60.4 Å². The van der Waals surface area contributed by atoms with Crippen molar-refractivity contribution in [1.29, 1.82) is 0 Å². The third-order valence-electron chi connectivity index (χ3n) is 3.48. The summed E-state index contributed by atoms with van der Waals surface area (Å²) in [5, 5.41) is 12.8. The minimum atomic E-state index is -3.89. The van der Waals surface area contributed by atoms with Crippen LogP contribution in [0.1, 0.15) is 5.76 Å². The quantitative estimate of drug-likeness (QED) is 0.699. The second-order valence-corrected chi connectivity index (χ2v) is 6.61. The predicted molar refractivity (Wildman–Crippen MR) is 87.8 cm³/mol. The standard InChI is InChI=1S/C16H14N2O4S.H2O/c1-11-15(16(17-22-11)13-5-3-2-4-6-13)12-7-9-14(10-8-12)23(20,21)18-19;/h2-10,18-19H,1H3;1H2. The molecule has 0 bridgehead atoms. The van der Waals surface area contributed by atoms with Crippen LogP contribution >= 0.6 is 0 Å². The topological polar surface area (TPSA) is 124 Å². The van der Waals surface area contributed by atoms with E-state index in [1.165, 1.54) is 17.0 Å². The van der Waals surface area contributed by atoms with E-state index in [0.717, 1.165) is 16.7 Å². The summed E-state index contributed by atoms with van der Waals surface area (Å²) in [6, 6.07) is 15.7. The normalized spacial score (nSPS) is 11.1. The van der Waals surface area contributed by atoms with Gasteiger partial charge in [-0.05, 0) is 24.6 Å². The first-order chi connectivity index (χ1) is 11.0. The highest BCUT2D eigenvalue weighted by Gasteiger charge is 2.18. The van der Waals surface area contributed by atoms with Crippen LogP contribution in [0.5, 0.6) is 0 Å². The Kier molecular flexibility index (Phi) is 5.15. The monoisotopic (exact) mass is 348 g/mol. The average Bonchev–Trinajstić information content (AvgIpc) is 2.97. The van der Waals surface area contributed by atoms with Crippen molar-refractivity contribution in [2.24, 2.45) is 0 Å². The number of rotatable bonds is 4. The molecule has 7 nitrogen and oxygen atoms in total. The molecule has 0 fully saturated rings. The van der Waals surface area contributed by atoms with Crippen LogP contribution in [-0.4, -0.2) is 24.3 Å². The molecule has 0 radical (unpaired) electrons. The fourth-order valence-corrected chi connectivity index (χ4v) is 2.96. The third-order valence-corrected chi connectivity index (χ3v) is 4.62. The van der Waals surface area contributed by atoms with Crippen LogP contribution in [0, 0.1) is 6.92 Å². The molecular weight excluding hydrogens is 332 g/mol. The van der Waals surface area contributed by atoms with Gasteiger partial charge < -0.3 is 15.2 Å². The van der Waals surface area contributed by atoms with Crippen LogP contribution < -0.4 is 4.89 Å². The van der Waals surface area contributed by atoms with Crippen molar-refractivity contribution >= 4 is 10.0 Å². The second kappa shape index (κ2) is 6.93. The maximum atomic E-state index is 11.6. The minimum Gasteiger partial charge on any atom is -0.412 e. The van der Waals surface area contributed by atoms with Gasteiger partial charge in [-0.3, -0.25) is 0 Å². The van der Waals surface area contributed by atoms with Gasteiger partial charge in [-0.25, -0.2) is 8.42 Å². The highest BCUT2D eigenvalue weighted by molar-refractivity contribution is 7.89. The number of aromatic nitrogens is 1. The number of benzene rings is 2. The van der Waals surface area contributed by atoms with Gasteiger partial charge in [0.2, 0.25) is 0 Å². The van der Waals surface area contributed by atoms with E-state index in [9.17, 15) is 8.42 Å². The molecule has 0 aliphatic rings. The van der Waals surface area contributed by atoms with Crippen molar-refractivity contribution in [3.63, 3.8) is 0 Å². The Morgan fingerprint density at radius 1 is 1.00 bits per heavy atom. The van der Waals surface area contributed by atoms with Gasteiger partial charge in [0.1, 0.15) is 11.5 Å². The molecule has 1 heterocycles. The van der Waals surface area contributed by atoms with Crippen LogP contribution in [0.3, 0.4) is 0 Å². The van der Waals surface area contributed by atoms with Crippen molar-refractivity contribution < 1.29 is 23.6 Å². The van der Waals surface area contributed by atoms with Gasteiger partial charge >= 0.3 is 0 Å². The maximum absolute atomic E-state index is 11.6. The first-order valence-corrected chi connectivity index (χ1v) is 8.29. The first kappa shape index (κ1) is 17.8. The van der Waals surface area contributed by atoms with Crippen molar-refractivity contribution in [2.45, 2.75) is 11.8 Å². The van der Waals surface area contributed by atoms with Crippen molar-refractivity contribution in [3.8, 4) is 22.4 Å². The Hall–Kier alpha value is -2.52. The lowest BCUT2D eigenvalue weighted by Gasteiger charge is -2.05. The Morgan fingerprint density at radius 3 is 2.21 bits per heavy atom. The first-order valence-electron chi connectivity index (χ1n) is 6.81. The number of hydrogen-bond donors (Lipinski definition) is 2.